The molecule has 0 unspecified atom stereocenters. The van der Waals surface area contributed by atoms with Crippen molar-refractivity contribution in [3.05, 3.63) is 87.1 Å². The van der Waals surface area contributed by atoms with E-state index >= 15 is 0 Å². The molecule has 3 aromatic rings. The Morgan fingerprint density at radius 1 is 1.07 bits per heavy atom. The Kier molecular flexibility index (Phi) is 5.28. The second kappa shape index (κ2) is 8.17. The summed E-state index contributed by atoms with van der Waals surface area (Å²) < 4.78 is 0. The molecule has 1 amide bonds. The van der Waals surface area contributed by atoms with E-state index < -0.39 is 0 Å². The van der Waals surface area contributed by atoms with Crippen LogP contribution in [0.1, 0.15) is 40.9 Å². The van der Waals surface area contributed by atoms with Crippen molar-refractivity contribution in [2.75, 3.05) is 5.32 Å². The normalized spacial score (nSPS) is 13.0. The maximum Gasteiger partial charge on any atom is 0.267 e. The number of fused-ring (bicyclic) bond motifs is 1. The molecule has 2 aromatic heterocycles. The molecule has 6 nitrogen and oxygen atoms in total. The van der Waals surface area contributed by atoms with Crippen molar-refractivity contribution < 1.29 is 4.79 Å². The molecule has 2 heterocycles. The number of hydrogen-bond donors (Lipinski definition) is 2. The zero-order chi connectivity index (χ0) is 19.3. The Morgan fingerprint density at radius 2 is 1.93 bits per heavy atom. The molecule has 6 heteroatoms. The van der Waals surface area contributed by atoms with Crippen molar-refractivity contribution in [1.29, 1.82) is 0 Å². The maximum atomic E-state index is 12.3. The van der Waals surface area contributed by atoms with Crippen LogP contribution in [0.5, 0.6) is 0 Å². The van der Waals surface area contributed by atoms with Crippen LogP contribution in [0.15, 0.2) is 53.5 Å². The number of aromatic nitrogens is 3. The van der Waals surface area contributed by atoms with Crippen molar-refractivity contribution in [3.63, 3.8) is 0 Å². The highest BCUT2D eigenvalue weighted by Crippen LogP contribution is 2.23. The molecule has 4 rings (SSSR count). The molecule has 1 aliphatic rings. The molecule has 28 heavy (non-hydrogen) atoms. The average molecular weight is 374 g/mol. The lowest BCUT2D eigenvalue weighted by atomic mass is 9.90. The fourth-order valence-electron chi connectivity index (χ4n) is 3.70. The van der Waals surface area contributed by atoms with Gasteiger partial charge in [-0.3, -0.25) is 14.6 Å². The van der Waals surface area contributed by atoms with Gasteiger partial charge >= 0.3 is 0 Å². The third-order valence-electron chi connectivity index (χ3n) is 5.03. The molecule has 142 valence electrons. The van der Waals surface area contributed by atoms with Gasteiger partial charge in [0.15, 0.2) is 0 Å². The number of benzene rings is 1. The number of pyridine rings is 1. The predicted molar refractivity (Wildman–Crippen MR) is 107 cm³/mol. The van der Waals surface area contributed by atoms with E-state index in [0.717, 1.165) is 59.4 Å². The van der Waals surface area contributed by atoms with Gasteiger partial charge in [-0.25, -0.2) is 5.10 Å². The van der Waals surface area contributed by atoms with E-state index in [4.69, 9.17) is 0 Å². The number of nitrogens with one attached hydrogen (secondary N) is 2. The third-order valence-corrected chi connectivity index (χ3v) is 5.03. The Labute approximate surface area is 163 Å². The molecule has 0 spiro atoms. The van der Waals surface area contributed by atoms with Crippen molar-refractivity contribution in [3.8, 4) is 0 Å². The van der Waals surface area contributed by atoms with Crippen LogP contribution in [0.2, 0.25) is 0 Å². The standard InChI is InChI=1S/C22H22N4O2/c27-21(14-16-7-3-4-11-23-16)24-17-8-5-6-15(12-17)13-20-18-9-1-2-10-19(18)22(28)26-25-20/h3-8,11-12H,1-2,9-10,13-14H2,(H,24,27)(H,26,28). The summed E-state index contributed by atoms with van der Waals surface area (Å²) in [6.45, 7) is 0. The van der Waals surface area contributed by atoms with Gasteiger partial charge in [0.2, 0.25) is 5.91 Å². The van der Waals surface area contributed by atoms with Gasteiger partial charge in [0.1, 0.15) is 0 Å². The summed E-state index contributed by atoms with van der Waals surface area (Å²) >= 11 is 0. The van der Waals surface area contributed by atoms with Gasteiger partial charge in [-0.2, -0.15) is 5.10 Å². The van der Waals surface area contributed by atoms with E-state index in [9.17, 15) is 9.59 Å². The molecule has 1 aliphatic carbocycles. The molecule has 1 aromatic carbocycles. The highest BCUT2D eigenvalue weighted by molar-refractivity contribution is 5.92. The first kappa shape index (κ1) is 18.1. The molecule has 0 atom stereocenters. The SMILES string of the molecule is O=C(Cc1ccccn1)Nc1cccc(Cc2n[nH]c(=O)c3c2CCCC3)c1. The summed E-state index contributed by atoms with van der Waals surface area (Å²) in [5, 5.41) is 9.87. The number of H-pyrrole nitrogens is 1. The van der Waals surface area contributed by atoms with E-state index in [0.29, 0.717) is 6.42 Å². The predicted octanol–water partition coefficient (Wildman–Crippen LogP) is 2.82. The largest absolute Gasteiger partial charge is 0.326 e. The highest BCUT2D eigenvalue weighted by Gasteiger charge is 2.18. The smallest absolute Gasteiger partial charge is 0.267 e. The molecule has 0 radical (unpaired) electrons. The molecular weight excluding hydrogens is 352 g/mol. The van der Waals surface area contributed by atoms with Crippen LogP contribution in [0, 0.1) is 0 Å². The first-order valence-corrected chi connectivity index (χ1v) is 9.57. The van der Waals surface area contributed by atoms with Crippen molar-refractivity contribution in [2.24, 2.45) is 0 Å². The number of anilines is 1. The number of carbonyl (C=O) groups is 1. The average Bonchev–Trinajstić information content (AvgIpc) is 2.71. The molecule has 0 bridgehead atoms. The van der Waals surface area contributed by atoms with Crippen LogP contribution >= 0.6 is 0 Å². The lowest BCUT2D eigenvalue weighted by Crippen LogP contribution is -2.23. The number of amides is 1. The van der Waals surface area contributed by atoms with E-state index in [1.165, 1.54) is 0 Å². The number of hydrogen-bond acceptors (Lipinski definition) is 4. The summed E-state index contributed by atoms with van der Waals surface area (Å²) in [4.78, 5) is 28.5. The second-order valence-electron chi connectivity index (χ2n) is 7.09. The summed E-state index contributed by atoms with van der Waals surface area (Å²) in [5.74, 6) is -0.101. The number of rotatable bonds is 5. The summed E-state index contributed by atoms with van der Waals surface area (Å²) in [7, 11) is 0. The van der Waals surface area contributed by atoms with Gasteiger partial charge in [-0.15, -0.1) is 0 Å². The van der Waals surface area contributed by atoms with Gasteiger partial charge in [0.05, 0.1) is 12.1 Å². The molecule has 2 N–H and O–H groups in total. The molecule has 0 fully saturated rings. The lowest BCUT2D eigenvalue weighted by Gasteiger charge is -2.17. The minimum Gasteiger partial charge on any atom is -0.326 e. The number of aromatic amines is 1. The highest BCUT2D eigenvalue weighted by atomic mass is 16.1. The van der Waals surface area contributed by atoms with Crippen molar-refractivity contribution in [1.82, 2.24) is 15.2 Å². The Balaban J connectivity index is 1.49. The van der Waals surface area contributed by atoms with E-state index in [-0.39, 0.29) is 17.9 Å². The number of nitrogens with zero attached hydrogens (tertiary/aromatic N) is 2. The summed E-state index contributed by atoms with van der Waals surface area (Å²) in [6.07, 6.45) is 6.42. The molecule has 0 aliphatic heterocycles. The first-order valence-electron chi connectivity index (χ1n) is 9.57. The topological polar surface area (TPSA) is 87.7 Å². The van der Waals surface area contributed by atoms with Crippen molar-refractivity contribution >= 4 is 11.6 Å². The van der Waals surface area contributed by atoms with Gasteiger partial charge in [0, 0.05) is 29.6 Å². The van der Waals surface area contributed by atoms with Crippen LogP contribution < -0.4 is 10.9 Å². The molecule has 0 saturated carbocycles. The van der Waals surface area contributed by atoms with Gasteiger partial charge < -0.3 is 5.32 Å². The molecular formula is C22H22N4O2. The Bertz CT molecular complexity index is 1040. The summed E-state index contributed by atoms with van der Waals surface area (Å²) in [5.41, 5.74) is 5.37. The molecule has 0 saturated heterocycles. The van der Waals surface area contributed by atoms with Crippen LogP contribution in [0.3, 0.4) is 0 Å². The van der Waals surface area contributed by atoms with E-state index in [1.807, 2.05) is 42.5 Å². The van der Waals surface area contributed by atoms with E-state index in [2.05, 4.69) is 20.5 Å². The van der Waals surface area contributed by atoms with Crippen molar-refractivity contribution in [2.45, 2.75) is 38.5 Å². The lowest BCUT2D eigenvalue weighted by molar-refractivity contribution is -0.115. The third kappa shape index (κ3) is 4.17. The van der Waals surface area contributed by atoms with Crippen LogP contribution in [-0.4, -0.2) is 21.1 Å². The van der Waals surface area contributed by atoms with E-state index in [1.54, 1.807) is 6.20 Å². The quantitative estimate of drug-likeness (QED) is 0.719. The zero-order valence-corrected chi connectivity index (χ0v) is 15.6. The maximum absolute atomic E-state index is 12.3. The van der Waals surface area contributed by atoms with Crippen LogP contribution in [-0.2, 0) is 30.5 Å². The fraction of sp³-hybridized carbons (Fsp3) is 0.273. The van der Waals surface area contributed by atoms with Crippen LogP contribution in [0.25, 0.3) is 0 Å². The van der Waals surface area contributed by atoms with Gasteiger partial charge in [-0.1, -0.05) is 18.2 Å². The first-order chi connectivity index (χ1) is 13.7. The monoisotopic (exact) mass is 374 g/mol. The minimum atomic E-state index is -0.101. The minimum absolute atomic E-state index is 0.0611. The summed E-state index contributed by atoms with van der Waals surface area (Å²) in [6, 6.07) is 13.3. The number of carbonyl (C=O) groups excluding carboxylic acids is 1. The van der Waals surface area contributed by atoms with Crippen LogP contribution in [0.4, 0.5) is 5.69 Å². The Hall–Kier alpha value is -3.28. The Morgan fingerprint density at radius 3 is 2.75 bits per heavy atom. The van der Waals surface area contributed by atoms with Gasteiger partial charge in [0.25, 0.3) is 5.56 Å². The van der Waals surface area contributed by atoms with Gasteiger partial charge in [-0.05, 0) is 61.1 Å². The fourth-order valence-corrected chi connectivity index (χ4v) is 3.70. The zero-order valence-electron chi connectivity index (χ0n) is 15.6. The second-order valence-corrected chi connectivity index (χ2v) is 7.09.